The number of hydrogen-bond donors (Lipinski definition) is 3. The van der Waals surface area contributed by atoms with Crippen LogP contribution < -0.4 is 20.1 Å². The summed E-state index contributed by atoms with van der Waals surface area (Å²) in [5.41, 5.74) is 0.519. The topological polar surface area (TPSA) is 96.9 Å². The number of carbonyl (C=O) groups is 2. The lowest BCUT2D eigenvalue weighted by Crippen LogP contribution is -2.40. The highest BCUT2D eigenvalue weighted by molar-refractivity contribution is 6.30. The lowest BCUT2D eigenvalue weighted by Gasteiger charge is -2.29. The van der Waals surface area contributed by atoms with Crippen LogP contribution in [0.4, 0.5) is 4.79 Å². The van der Waals surface area contributed by atoms with Crippen molar-refractivity contribution < 1.29 is 33.8 Å². The summed E-state index contributed by atoms with van der Waals surface area (Å²) in [5, 5.41) is 15.5. The van der Waals surface area contributed by atoms with Gasteiger partial charge in [-0.25, -0.2) is 4.79 Å². The number of benzene rings is 3. The zero-order valence-corrected chi connectivity index (χ0v) is 19.9. The van der Waals surface area contributed by atoms with Gasteiger partial charge in [-0.05, 0) is 61.2 Å². The van der Waals surface area contributed by atoms with Crippen molar-refractivity contribution in [3.8, 4) is 11.5 Å². The first kappa shape index (κ1) is 17.9. The molecule has 0 saturated heterocycles. The number of amides is 2. The van der Waals surface area contributed by atoms with Gasteiger partial charge in [0.15, 0.2) is 0 Å². The van der Waals surface area contributed by atoms with Gasteiger partial charge in [0.05, 0.1) is 32.2 Å². The van der Waals surface area contributed by atoms with E-state index in [-0.39, 0.29) is 11.3 Å². The highest BCUT2D eigenvalue weighted by Crippen LogP contribution is 2.32. The molecule has 2 atom stereocenters. The van der Waals surface area contributed by atoms with Crippen molar-refractivity contribution in [2.24, 2.45) is 0 Å². The maximum Gasteiger partial charge on any atom is 0.405 e. The Labute approximate surface area is 223 Å². The van der Waals surface area contributed by atoms with Gasteiger partial charge in [-0.1, -0.05) is 47.5 Å². The first-order chi connectivity index (χ1) is 19.5. The van der Waals surface area contributed by atoms with Crippen LogP contribution in [-0.2, 0) is 0 Å². The number of carboxylic acid groups (broad SMARTS) is 1. The van der Waals surface area contributed by atoms with Gasteiger partial charge in [0, 0.05) is 24.3 Å². The summed E-state index contributed by atoms with van der Waals surface area (Å²) in [7, 11) is 1.28. The molecule has 0 radical (unpaired) electrons. The minimum absolute atomic E-state index is 0.0841. The Kier molecular flexibility index (Phi) is 6.06. The van der Waals surface area contributed by atoms with Gasteiger partial charge in [0.25, 0.3) is 5.91 Å². The zero-order chi connectivity index (χ0) is 31.5. The van der Waals surface area contributed by atoms with E-state index in [0.29, 0.717) is 21.2 Å². The van der Waals surface area contributed by atoms with Crippen LogP contribution in [0.2, 0.25) is 10.0 Å². The van der Waals surface area contributed by atoms with E-state index >= 15 is 0 Å². The molecule has 3 aromatic rings. The smallest absolute Gasteiger partial charge is 0.405 e. The van der Waals surface area contributed by atoms with Gasteiger partial charge in [-0.2, -0.15) is 0 Å². The van der Waals surface area contributed by atoms with Gasteiger partial charge in [0.1, 0.15) is 11.5 Å². The van der Waals surface area contributed by atoms with E-state index in [4.69, 9.17) is 42.3 Å². The van der Waals surface area contributed by atoms with E-state index in [0.717, 1.165) is 6.07 Å². The second-order valence-corrected chi connectivity index (χ2v) is 8.15. The molecule has 0 aromatic heterocycles. The molecule has 0 aliphatic carbocycles. The van der Waals surface area contributed by atoms with Gasteiger partial charge < -0.3 is 25.2 Å². The standard InChI is InChI=1S/C26H26Cl2N2O5/c1-15(2)35-22-14-20(34-3)12-13-21(22)25(31)29-23(16-4-8-18(27)9-5-16)24(30-26(32)33)17-6-10-19(28)11-7-17/h4-15,23-24,30H,1-3H3,(H,29,31)(H,32,33)/i1D3,2D3,15D. The summed E-state index contributed by atoms with van der Waals surface area (Å²) >= 11 is 12.1. The van der Waals surface area contributed by atoms with Crippen LogP contribution in [0.5, 0.6) is 11.5 Å². The van der Waals surface area contributed by atoms with Crippen molar-refractivity contribution in [2.75, 3.05) is 7.11 Å². The quantitative estimate of drug-likeness (QED) is 0.307. The normalized spacial score (nSPS) is 16.5. The highest BCUT2D eigenvalue weighted by atomic mass is 35.5. The largest absolute Gasteiger partial charge is 0.497 e. The molecule has 0 saturated carbocycles. The molecule has 3 rings (SSSR count). The van der Waals surface area contributed by atoms with Gasteiger partial charge in [0.2, 0.25) is 0 Å². The minimum atomic E-state index is -3.45. The van der Waals surface area contributed by atoms with Crippen LogP contribution in [0.3, 0.4) is 0 Å². The second-order valence-electron chi connectivity index (χ2n) is 7.27. The van der Waals surface area contributed by atoms with Crippen LogP contribution in [0, 0.1) is 0 Å². The molecule has 0 spiro atoms. The van der Waals surface area contributed by atoms with Crippen molar-refractivity contribution in [2.45, 2.75) is 31.9 Å². The van der Waals surface area contributed by atoms with E-state index in [1.807, 2.05) is 0 Å². The van der Waals surface area contributed by atoms with Crippen LogP contribution in [0.25, 0.3) is 0 Å². The minimum Gasteiger partial charge on any atom is -0.497 e. The Morgan fingerprint density at radius 2 is 1.46 bits per heavy atom. The SMILES string of the molecule is [2H]C([2H])([2H])C([2H])(Oc1cc(OC)ccc1C(=O)NC(c1ccc(Cl)cc1)C(NC(=O)O)c1ccc(Cl)cc1)C([2H])([2H])[2H]. The molecule has 0 aliphatic heterocycles. The van der Waals surface area contributed by atoms with Gasteiger partial charge >= 0.3 is 6.09 Å². The Morgan fingerprint density at radius 1 is 0.914 bits per heavy atom. The zero-order valence-electron chi connectivity index (χ0n) is 25.3. The molecular formula is C26H26Cl2N2O5. The molecule has 9 heteroatoms. The average molecular weight is 524 g/mol. The first-order valence-corrected chi connectivity index (χ1v) is 10.9. The molecule has 0 aliphatic rings. The van der Waals surface area contributed by atoms with Crippen LogP contribution in [0.15, 0.2) is 66.7 Å². The highest BCUT2D eigenvalue weighted by Gasteiger charge is 2.29. The number of hydrogen-bond acceptors (Lipinski definition) is 4. The summed E-state index contributed by atoms with van der Waals surface area (Å²) in [4.78, 5) is 25.6. The predicted molar refractivity (Wildman–Crippen MR) is 136 cm³/mol. The maximum atomic E-state index is 13.8. The van der Waals surface area contributed by atoms with Crippen LogP contribution in [0.1, 0.15) is 56.9 Å². The molecule has 35 heavy (non-hydrogen) atoms. The predicted octanol–water partition coefficient (Wildman–Crippen LogP) is 6.27. The Bertz CT molecular complexity index is 1400. The van der Waals surface area contributed by atoms with E-state index in [1.165, 1.54) is 19.2 Å². The van der Waals surface area contributed by atoms with Gasteiger partial charge in [-0.15, -0.1) is 0 Å². The molecule has 0 heterocycles. The molecule has 3 N–H and O–H groups in total. The number of nitrogens with one attached hydrogen (secondary N) is 2. The third-order valence-electron chi connectivity index (χ3n) is 5.00. The summed E-state index contributed by atoms with van der Waals surface area (Å²) in [5.74, 6) is -1.38. The number of carbonyl (C=O) groups excluding carboxylic acids is 1. The molecule has 3 aromatic carbocycles. The van der Waals surface area contributed by atoms with Crippen molar-refractivity contribution in [1.82, 2.24) is 10.6 Å². The third kappa shape index (κ3) is 7.04. The fourth-order valence-corrected chi connectivity index (χ4v) is 3.67. The van der Waals surface area contributed by atoms with E-state index in [2.05, 4.69) is 10.6 Å². The lowest BCUT2D eigenvalue weighted by atomic mass is 9.93. The molecule has 184 valence electrons. The van der Waals surface area contributed by atoms with E-state index in [1.54, 1.807) is 48.5 Å². The van der Waals surface area contributed by atoms with Crippen LogP contribution >= 0.6 is 23.2 Å². The first-order valence-electron chi connectivity index (χ1n) is 13.6. The van der Waals surface area contributed by atoms with Crippen molar-refractivity contribution in [3.05, 3.63) is 93.5 Å². The summed E-state index contributed by atoms with van der Waals surface area (Å²) in [6.45, 7) is -6.90. The van der Waals surface area contributed by atoms with Crippen LogP contribution in [-0.4, -0.2) is 30.3 Å². The average Bonchev–Trinajstić information content (AvgIpc) is 2.90. The van der Waals surface area contributed by atoms with Crippen molar-refractivity contribution in [1.29, 1.82) is 0 Å². The molecule has 7 nitrogen and oxygen atoms in total. The number of halogens is 2. The molecule has 2 amide bonds. The van der Waals surface area contributed by atoms with Crippen molar-refractivity contribution in [3.63, 3.8) is 0 Å². The lowest BCUT2D eigenvalue weighted by molar-refractivity contribution is 0.0918. The molecular weight excluding hydrogens is 491 g/mol. The Hall–Kier alpha value is -3.42. The Balaban J connectivity index is 2.14. The summed E-state index contributed by atoms with van der Waals surface area (Å²) in [6.07, 6.45) is -4.85. The Morgan fingerprint density at radius 3 is 1.94 bits per heavy atom. The fraction of sp³-hybridized carbons (Fsp3) is 0.231. The molecule has 0 bridgehead atoms. The number of ether oxygens (including phenoxy) is 2. The van der Waals surface area contributed by atoms with Crippen molar-refractivity contribution >= 4 is 35.2 Å². The summed E-state index contributed by atoms with van der Waals surface area (Å²) < 4.78 is 64.8. The van der Waals surface area contributed by atoms with E-state index < -0.39 is 49.6 Å². The number of methoxy groups -OCH3 is 1. The fourth-order valence-electron chi connectivity index (χ4n) is 3.42. The monoisotopic (exact) mass is 523 g/mol. The van der Waals surface area contributed by atoms with Gasteiger partial charge in [-0.3, -0.25) is 4.79 Å². The second kappa shape index (κ2) is 11.8. The number of rotatable bonds is 9. The summed E-state index contributed by atoms with van der Waals surface area (Å²) in [6, 6.07) is 13.9. The third-order valence-corrected chi connectivity index (χ3v) is 5.51. The molecule has 0 fully saturated rings. The molecule has 2 unspecified atom stereocenters. The van der Waals surface area contributed by atoms with E-state index in [9.17, 15) is 14.7 Å². The maximum absolute atomic E-state index is 13.8.